The van der Waals surface area contributed by atoms with Gasteiger partial charge in [-0.05, 0) is 62.1 Å². The molecule has 0 aliphatic carbocycles. The summed E-state index contributed by atoms with van der Waals surface area (Å²) >= 11 is 0. The largest absolute Gasteiger partial charge is 0.445 e. The minimum atomic E-state index is -0.648. The van der Waals surface area contributed by atoms with Gasteiger partial charge in [0.25, 0.3) is 0 Å². The first-order chi connectivity index (χ1) is 22.7. The van der Waals surface area contributed by atoms with E-state index in [2.05, 4.69) is 26.7 Å². The summed E-state index contributed by atoms with van der Waals surface area (Å²) in [5.41, 5.74) is 8.49. The van der Waals surface area contributed by atoms with Crippen molar-refractivity contribution in [3.05, 3.63) is 29.8 Å². The average Bonchev–Trinajstić information content (AvgIpc) is 3.02. The maximum Gasteiger partial charge on any atom is 0.410 e. The normalized spacial score (nSPS) is 12.9. The molecule has 0 spiro atoms. The number of anilines is 1. The predicted molar refractivity (Wildman–Crippen MR) is 183 cm³/mol. The van der Waals surface area contributed by atoms with Gasteiger partial charge in [-0.15, -0.1) is 0 Å². The van der Waals surface area contributed by atoms with E-state index in [1.54, 1.807) is 24.3 Å². The number of unbranched alkanes of at least 4 members (excludes halogenated alkanes) is 2. The summed E-state index contributed by atoms with van der Waals surface area (Å²) in [6.07, 6.45) is 2.89. The number of rotatable bonds is 22. The molecule has 0 heterocycles. The fourth-order valence-corrected chi connectivity index (χ4v) is 5.13. The molecule has 6 amide bonds. The van der Waals surface area contributed by atoms with Gasteiger partial charge < -0.3 is 36.6 Å². The minimum absolute atomic E-state index is 0.00901. The van der Waals surface area contributed by atoms with Crippen molar-refractivity contribution in [3.63, 3.8) is 0 Å². The number of carbonyl (C=O) groups is 6. The highest BCUT2D eigenvalue weighted by Gasteiger charge is 2.28. The molecular weight excluding hydrogens is 620 g/mol. The lowest BCUT2D eigenvalue weighted by Crippen LogP contribution is -2.50. The summed E-state index contributed by atoms with van der Waals surface area (Å²) < 4.78 is 5.40. The minimum Gasteiger partial charge on any atom is -0.445 e. The second-order valence-corrected chi connectivity index (χ2v) is 12.6. The number of carbonyl (C=O) groups excluding carboxylic acids is 6. The Hall–Kier alpha value is -4.24. The zero-order valence-electron chi connectivity index (χ0n) is 29.2. The van der Waals surface area contributed by atoms with Crippen molar-refractivity contribution in [3.8, 4) is 0 Å². The highest BCUT2D eigenvalue weighted by atomic mass is 16.6. The quantitative estimate of drug-likeness (QED) is 0.0413. The maximum atomic E-state index is 13.4. The second-order valence-electron chi connectivity index (χ2n) is 12.6. The van der Waals surface area contributed by atoms with Crippen LogP contribution in [0.4, 0.5) is 15.3 Å². The molecule has 0 fully saturated rings. The van der Waals surface area contributed by atoms with Crippen molar-refractivity contribution in [2.75, 3.05) is 25.5 Å². The standard InChI is InChI=1S/C33H56N8O7/c1-21(2)27(39-28(43)12-8-7-9-13-29(44)40-35)19-37-26(11-10-18-36-32(34)46)31(45)38-25-16-14-24(15-17-25)20-48-33(47)41(6)30(22(3)4)23(5)42/h14-17,21-22,26-27,30,37H,7-13,18-20,35H2,1-6H3,(H,38,45)(H,39,43)(H,40,44)(H3,34,36,46)/t26-,27+,30?/m0/s1. The lowest BCUT2D eigenvalue weighted by Gasteiger charge is -2.28. The summed E-state index contributed by atoms with van der Waals surface area (Å²) in [6, 6.07) is 4.73. The fourth-order valence-electron chi connectivity index (χ4n) is 5.13. The number of likely N-dealkylation sites (N-methyl/N-ethyl adjacent to an activating group) is 1. The second kappa shape index (κ2) is 22.4. The number of amides is 6. The third-order valence-corrected chi connectivity index (χ3v) is 7.83. The average molecular weight is 677 g/mol. The van der Waals surface area contributed by atoms with Crippen LogP contribution < -0.4 is 38.3 Å². The zero-order valence-corrected chi connectivity index (χ0v) is 29.2. The lowest BCUT2D eigenvalue weighted by molar-refractivity contribution is -0.123. The molecule has 0 aliphatic heterocycles. The fraction of sp³-hybridized carbons (Fsp3) is 0.636. The van der Waals surface area contributed by atoms with E-state index in [-0.39, 0.29) is 48.0 Å². The van der Waals surface area contributed by atoms with E-state index < -0.39 is 24.2 Å². The van der Waals surface area contributed by atoms with Crippen LogP contribution in [0.15, 0.2) is 24.3 Å². The molecular formula is C33H56N8O7. The van der Waals surface area contributed by atoms with Crippen LogP contribution in [0.25, 0.3) is 0 Å². The molecule has 0 radical (unpaired) electrons. The Labute approximate surface area is 284 Å². The van der Waals surface area contributed by atoms with Crippen molar-refractivity contribution in [2.45, 2.75) is 104 Å². The maximum absolute atomic E-state index is 13.4. The van der Waals surface area contributed by atoms with Crippen LogP contribution in [0.1, 0.15) is 85.1 Å². The highest BCUT2D eigenvalue weighted by molar-refractivity contribution is 5.94. The molecule has 1 rings (SSSR count). The number of Topliss-reactive ketones (excluding diaryl/α,β-unsaturated/α-hetero) is 1. The Bertz CT molecular complexity index is 1190. The van der Waals surface area contributed by atoms with Crippen molar-refractivity contribution in [1.29, 1.82) is 0 Å². The van der Waals surface area contributed by atoms with Crippen LogP contribution in [0, 0.1) is 11.8 Å². The predicted octanol–water partition coefficient (Wildman–Crippen LogP) is 2.30. The van der Waals surface area contributed by atoms with E-state index >= 15 is 0 Å². The molecule has 0 aromatic heterocycles. The van der Waals surface area contributed by atoms with Crippen molar-refractivity contribution >= 4 is 41.3 Å². The van der Waals surface area contributed by atoms with E-state index in [9.17, 15) is 28.8 Å². The van der Waals surface area contributed by atoms with Gasteiger partial charge in [0.05, 0.1) is 12.1 Å². The first-order valence-electron chi connectivity index (χ1n) is 16.5. The number of hydrogen-bond donors (Lipinski definition) is 7. The summed E-state index contributed by atoms with van der Waals surface area (Å²) in [6.45, 7) is 9.75. The first kappa shape index (κ1) is 41.8. The van der Waals surface area contributed by atoms with E-state index in [4.69, 9.17) is 16.3 Å². The molecule has 9 N–H and O–H groups in total. The Morgan fingerprint density at radius 2 is 1.50 bits per heavy atom. The van der Waals surface area contributed by atoms with Crippen LogP contribution in [0.2, 0.25) is 0 Å². The van der Waals surface area contributed by atoms with E-state index in [1.807, 2.05) is 27.7 Å². The molecule has 1 aromatic rings. The summed E-state index contributed by atoms with van der Waals surface area (Å²) in [4.78, 5) is 74.1. The number of hydrogen-bond acceptors (Lipinski definition) is 9. The van der Waals surface area contributed by atoms with Gasteiger partial charge in [0.2, 0.25) is 17.7 Å². The summed E-state index contributed by atoms with van der Waals surface area (Å²) in [5.74, 6) is 4.34. The molecule has 1 unspecified atom stereocenters. The number of urea groups is 1. The number of nitrogens with one attached hydrogen (secondary N) is 5. The van der Waals surface area contributed by atoms with Crippen LogP contribution in [0.5, 0.6) is 0 Å². The van der Waals surface area contributed by atoms with Crippen LogP contribution in [-0.2, 0) is 30.5 Å². The smallest absolute Gasteiger partial charge is 0.410 e. The molecule has 15 heteroatoms. The summed E-state index contributed by atoms with van der Waals surface area (Å²) in [7, 11) is 1.54. The molecule has 0 aliphatic rings. The lowest BCUT2D eigenvalue weighted by atomic mass is 10.00. The Morgan fingerprint density at radius 1 is 0.875 bits per heavy atom. The van der Waals surface area contributed by atoms with Gasteiger partial charge in [-0.1, -0.05) is 46.2 Å². The Balaban J connectivity index is 2.78. The van der Waals surface area contributed by atoms with E-state index in [0.29, 0.717) is 62.9 Å². The van der Waals surface area contributed by atoms with Gasteiger partial charge in [-0.3, -0.25) is 24.6 Å². The molecule has 48 heavy (non-hydrogen) atoms. The zero-order chi connectivity index (χ0) is 36.2. The monoisotopic (exact) mass is 676 g/mol. The molecule has 3 atom stereocenters. The third kappa shape index (κ3) is 16.5. The topological polar surface area (TPSA) is 227 Å². The number of primary amides is 1. The van der Waals surface area contributed by atoms with Gasteiger partial charge in [-0.25, -0.2) is 15.4 Å². The van der Waals surface area contributed by atoms with Gasteiger partial charge in [-0.2, -0.15) is 0 Å². The number of nitrogens with zero attached hydrogens (tertiary/aromatic N) is 1. The number of nitrogens with two attached hydrogens (primary N) is 2. The van der Waals surface area contributed by atoms with Gasteiger partial charge in [0.15, 0.2) is 5.78 Å². The van der Waals surface area contributed by atoms with Crippen LogP contribution >= 0.6 is 0 Å². The van der Waals surface area contributed by atoms with E-state index in [1.165, 1.54) is 18.9 Å². The molecule has 0 saturated heterocycles. The van der Waals surface area contributed by atoms with Gasteiger partial charge >= 0.3 is 12.1 Å². The number of ketones is 1. The Kier molecular flexibility index (Phi) is 19.5. The molecule has 0 bridgehead atoms. The number of hydrazine groups is 1. The number of ether oxygens (including phenoxy) is 1. The molecule has 15 nitrogen and oxygen atoms in total. The highest BCUT2D eigenvalue weighted by Crippen LogP contribution is 2.15. The van der Waals surface area contributed by atoms with Crippen molar-refractivity contribution < 1.29 is 33.5 Å². The van der Waals surface area contributed by atoms with Crippen molar-refractivity contribution in [1.82, 2.24) is 26.3 Å². The third-order valence-electron chi connectivity index (χ3n) is 7.83. The molecule has 1 aromatic carbocycles. The SMILES string of the molecule is CC(=O)C(C(C)C)N(C)C(=O)OCc1ccc(NC(=O)[C@H](CCCNC(N)=O)NC[C@@H](NC(=O)CCCCCC(=O)NN)C(C)C)cc1. The molecule has 270 valence electrons. The molecule has 0 saturated carbocycles. The van der Waals surface area contributed by atoms with Crippen molar-refractivity contribution in [2.24, 2.45) is 23.4 Å². The van der Waals surface area contributed by atoms with Crippen LogP contribution in [0.3, 0.4) is 0 Å². The summed E-state index contributed by atoms with van der Waals surface area (Å²) in [5, 5.41) is 11.7. The Morgan fingerprint density at radius 3 is 2.04 bits per heavy atom. The van der Waals surface area contributed by atoms with Gasteiger partial charge in [0.1, 0.15) is 6.61 Å². The van der Waals surface area contributed by atoms with Gasteiger partial charge in [0, 0.05) is 44.7 Å². The number of benzene rings is 1. The first-order valence-corrected chi connectivity index (χ1v) is 16.5. The van der Waals surface area contributed by atoms with Crippen LogP contribution in [-0.4, -0.2) is 78.8 Å². The van der Waals surface area contributed by atoms with E-state index in [0.717, 1.165) is 6.42 Å².